The molecule has 6 nitrogen and oxygen atoms in total. The normalized spacial score (nSPS) is 13.9. The van der Waals surface area contributed by atoms with Crippen LogP contribution in [0.2, 0.25) is 0 Å². The Labute approximate surface area is 137 Å². The van der Waals surface area contributed by atoms with Crippen molar-refractivity contribution < 1.29 is 4.79 Å². The third kappa shape index (κ3) is 2.53. The second-order valence-corrected chi connectivity index (χ2v) is 6.27. The van der Waals surface area contributed by atoms with E-state index in [9.17, 15) is 4.79 Å². The average Bonchev–Trinajstić information content (AvgIpc) is 3.23. The molecule has 0 unspecified atom stereocenters. The zero-order valence-electron chi connectivity index (χ0n) is 12.6. The van der Waals surface area contributed by atoms with Crippen molar-refractivity contribution in [1.82, 2.24) is 24.4 Å². The highest BCUT2D eigenvalue weighted by molar-refractivity contribution is 7.08. The Bertz CT molecular complexity index is 838. The topological polar surface area (TPSA) is 63.9 Å². The SMILES string of the molecule is Cc1cnc(C(=O)N2CCn3c(-c4ccsc4)cnc3C2)cn1. The van der Waals surface area contributed by atoms with Crippen LogP contribution >= 0.6 is 11.3 Å². The summed E-state index contributed by atoms with van der Waals surface area (Å²) in [6, 6.07) is 2.09. The molecule has 4 rings (SSSR count). The van der Waals surface area contributed by atoms with Crippen LogP contribution in [-0.2, 0) is 13.1 Å². The number of carbonyl (C=O) groups is 1. The number of hydrogen-bond donors (Lipinski definition) is 0. The number of hydrogen-bond acceptors (Lipinski definition) is 5. The number of thiophene rings is 1. The first-order valence-corrected chi connectivity index (χ1v) is 8.31. The van der Waals surface area contributed by atoms with Crippen LogP contribution in [0.25, 0.3) is 11.3 Å². The number of aromatic nitrogens is 4. The van der Waals surface area contributed by atoms with Crippen LogP contribution in [0.3, 0.4) is 0 Å². The lowest BCUT2D eigenvalue weighted by molar-refractivity contribution is 0.0701. The first-order chi connectivity index (χ1) is 11.2. The predicted molar refractivity (Wildman–Crippen MR) is 87.0 cm³/mol. The van der Waals surface area contributed by atoms with E-state index in [-0.39, 0.29) is 5.91 Å². The third-order valence-electron chi connectivity index (χ3n) is 3.97. The van der Waals surface area contributed by atoms with Gasteiger partial charge in [0.05, 0.1) is 30.3 Å². The Kier molecular flexibility index (Phi) is 3.42. The van der Waals surface area contributed by atoms with E-state index in [0.717, 1.165) is 23.8 Å². The molecule has 0 spiro atoms. The van der Waals surface area contributed by atoms with Gasteiger partial charge in [-0.1, -0.05) is 0 Å². The van der Waals surface area contributed by atoms with E-state index in [1.807, 2.05) is 13.1 Å². The van der Waals surface area contributed by atoms with Gasteiger partial charge in [-0.05, 0) is 18.4 Å². The summed E-state index contributed by atoms with van der Waals surface area (Å²) >= 11 is 1.67. The molecule has 116 valence electrons. The maximum absolute atomic E-state index is 12.5. The van der Waals surface area contributed by atoms with E-state index in [1.165, 1.54) is 11.8 Å². The highest BCUT2D eigenvalue weighted by Crippen LogP contribution is 2.26. The van der Waals surface area contributed by atoms with E-state index < -0.39 is 0 Å². The van der Waals surface area contributed by atoms with Gasteiger partial charge in [-0.25, -0.2) is 9.97 Å². The van der Waals surface area contributed by atoms with Gasteiger partial charge in [-0.2, -0.15) is 11.3 Å². The number of carbonyl (C=O) groups excluding carboxylic acids is 1. The van der Waals surface area contributed by atoms with Crippen molar-refractivity contribution >= 4 is 17.2 Å². The number of fused-ring (bicyclic) bond motifs is 1. The number of imidazole rings is 1. The minimum absolute atomic E-state index is 0.0937. The lowest BCUT2D eigenvalue weighted by Crippen LogP contribution is -2.39. The smallest absolute Gasteiger partial charge is 0.274 e. The Morgan fingerprint density at radius 2 is 2.09 bits per heavy atom. The summed E-state index contributed by atoms with van der Waals surface area (Å²) in [5.74, 6) is 0.815. The molecule has 0 aromatic carbocycles. The van der Waals surface area contributed by atoms with E-state index in [4.69, 9.17) is 0 Å². The number of rotatable bonds is 2. The van der Waals surface area contributed by atoms with Crippen LogP contribution in [0.5, 0.6) is 0 Å². The van der Waals surface area contributed by atoms with Crippen molar-refractivity contribution in [2.75, 3.05) is 6.54 Å². The van der Waals surface area contributed by atoms with Gasteiger partial charge in [-0.3, -0.25) is 9.78 Å². The molecule has 7 heteroatoms. The zero-order valence-corrected chi connectivity index (χ0v) is 13.5. The molecule has 0 N–H and O–H groups in total. The van der Waals surface area contributed by atoms with Crippen LogP contribution in [0, 0.1) is 6.92 Å². The molecule has 4 heterocycles. The molecule has 23 heavy (non-hydrogen) atoms. The quantitative estimate of drug-likeness (QED) is 0.725. The van der Waals surface area contributed by atoms with E-state index in [0.29, 0.717) is 18.8 Å². The number of amides is 1. The molecule has 1 amide bonds. The summed E-state index contributed by atoms with van der Waals surface area (Å²) in [6.07, 6.45) is 5.04. The molecule has 3 aromatic rings. The van der Waals surface area contributed by atoms with Crippen LogP contribution in [0.1, 0.15) is 22.0 Å². The summed E-state index contributed by atoms with van der Waals surface area (Å²) in [4.78, 5) is 27.1. The fourth-order valence-electron chi connectivity index (χ4n) is 2.74. The second kappa shape index (κ2) is 5.58. The van der Waals surface area contributed by atoms with Crippen LogP contribution < -0.4 is 0 Å². The Hall–Kier alpha value is -2.54. The predicted octanol–water partition coefficient (Wildman–Crippen LogP) is 2.37. The molecule has 0 bridgehead atoms. The zero-order chi connectivity index (χ0) is 15.8. The van der Waals surface area contributed by atoms with Gasteiger partial charge < -0.3 is 9.47 Å². The molecule has 0 saturated carbocycles. The fraction of sp³-hybridized carbons (Fsp3) is 0.250. The van der Waals surface area contributed by atoms with E-state index in [2.05, 4.69) is 36.3 Å². The molecule has 3 aromatic heterocycles. The van der Waals surface area contributed by atoms with Crippen molar-refractivity contribution in [1.29, 1.82) is 0 Å². The maximum Gasteiger partial charge on any atom is 0.274 e. The van der Waals surface area contributed by atoms with Gasteiger partial charge in [0.15, 0.2) is 0 Å². The highest BCUT2D eigenvalue weighted by atomic mass is 32.1. The molecule has 1 aliphatic heterocycles. The van der Waals surface area contributed by atoms with Gasteiger partial charge >= 0.3 is 0 Å². The summed E-state index contributed by atoms with van der Waals surface area (Å²) in [6.45, 7) is 3.74. The highest BCUT2D eigenvalue weighted by Gasteiger charge is 2.25. The Balaban J connectivity index is 1.57. The van der Waals surface area contributed by atoms with Crippen LogP contribution in [0.4, 0.5) is 0 Å². The average molecular weight is 325 g/mol. The van der Waals surface area contributed by atoms with Gasteiger partial charge in [-0.15, -0.1) is 0 Å². The third-order valence-corrected chi connectivity index (χ3v) is 4.65. The van der Waals surface area contributed by atoms with Crippen molar-refractivity contribution in [3.05, 3.63) is 52.6 Å². The van der Waals surface area contributed by atoms with E-state index in [1.54, 1.807) is 22.4 Å². The lowest BCUT2D eigenvalue weighted by atomic mass is 10.2. The van der Waals surface area contributed by atoms with Gasteiger partial charge in [0.1, 0.15) is 11.5 Å². The molecule has 0 saturated heterocycles. The fourth-order valence-corrected chi connectivity index (χ4v) is 3.39. The molecule has 0 radical (unpaired) electrons. The van der Waals surface area contributed by atoms with Crippen LogP contribution in [-0.4, -0.2) is 36.9 Å². The largest absolute Gasteiger partial charge is 0.328 e. The number of aryl methyl sites for hydroxylation is 1. The van der Waals surface area contributed by atoms with Gasteiger partial charge in [0, 0.05) is 30.2 Å². The number of nitrogens with zero attached hydrogens (tertiary/aromatic N) is 5. The molecular formula is C16H15N5OS. The summed E-state index contributed by atoms with van der Waals surface area (Å²) < 4.78 is 2.19. The summed E-state index contributed by atoms with van der Waals surface area (Å²) in [5.41, 5.74) is 3.48. The lowest BCUT2D eigenvalue weighted by Gasteiger charge is -2.28. The molecular weight excluding hydrogens is 310 g/mol. The maximum atomic E-state index is 12.5. The van der Waals surface area contributed by atoms with Crippen LogP contribution in [0.15, 0.2) is 35.4 Å². The van der Waals surface area contributed by atoms with Gasteiger partial charge in [0.25, 0.3) is 5.91 Å². The van der Waals surface area contributed by atoms with Gasteiger partial charge in [0.2, 0.25) is 0 Å². The van der Waals surface area contributed by atoms with E-state index >= 15 is 0 Å². The molecule has 0 atom stereocenters. The summed E-state index contributed by atoms with van der Waals surface area (Å²) in [7, 11) is 0. The monoisotopic (exact) mass is 325 g/mol. The standard InChI is InChI=1S/C16H15N5OS/c1-11-6-18-13(7-17-11)16(22)20-3-4-21-14(8-19-15(21)9-20)12-2-5-23-10-12/h2,5-8,10H,3-4,9H2,1H3. The first kappa shape index (κ1) is 14.1. The first-order valence-electron chi connectivity index (χ1n) is 7.37. The minimum atomic E-state index is -0.0937. The molecule has 0 fully saturated rings. The van der Waals surface area contributed by atoms with Crippen molar-refractivity contribution in [2.24, 2.45) is 0 Å². The second-order valence-electron chi connectivity index (χ2n) is 5.49. The minimum Gasteiger partial charge on any atom is -0.328 e. The van der Waals surface area contributed by atoms with Crippen molar-refractivity contribution in [2.45, 2.75) is 20.0 Å². The Morgan fingerprint density at radius 1 is 1.17 bits per heavy atom. The summed E-state index contributed by atoms with van der Waals surface area (Å²) in [5, 5.41) is 4.17. The van der Waals surface area contributed by atoms with Crippen molar-refractivity contribution in [3.8, 4) is 11.3 Å². The molecule has 1 aliphatic rings. The van der Waals surface area contributed by atoms with Crippen molar-refractivity contribution in [3.63, 3.8) is 0 Å². The molecule has 0 aliphatic carbocycles. The Morgan fingerprint density at radius 3 is 2.83 bits per heavy atom.